The van der Waals surface area contributed by atoms with Gasteiger partial charge in [0.2, 0.25) is 0 Å². The van der Waals surface area contributed by atoms with Crippen molar-refractivity contribution in [2.45, 2.75) is 26.1 Å². The Morgan fingerprint density at radius 2 is 1.35 bits per heavy atom. The van der Waals surface area contributed by atoms with E-state index in [-0.39, 0.29) is 5.75 Å². The quantitative estimate of drug-likeness (QED) is 0.244. The van der Waals surface area contributed by atoms with E-state index in [0.717, 1.165) is 14.7 Å². The molecule has 0 spiro atoms. The molecule has 0 aromatic heterocycles. The third-order valence-electron chi connectivity index (χ3n) is 4.56. The minimum Gasteiger partial charge on any atom is -0.482 e. The number of hydrogen-bond acceptors (Lipinski definition) is 5. The van der Waals surface area contributed by atoms with Gasteiger partial charge in [0.05, 0.1) is 10.9 Å². The summed E-state index contributed by atoms with van der Waals surface area (Å²) in [5, 5.41) is -4.42. The van der Waals surface area contributed by atoms with E-state index in [9.17, 15) is 26.4 Å². The molecule has 0 saturated heterocycles. The normalized spacial score (nSPS) is 13.5. The highest BCUT2D eigenvalue weighted by atomic mass is 32.2. The van der Waals surface area contributed by atoms with Gasteiger partial charge in [0.15, 0.2) is 21.3 Å². The smallest absolute Gasteiger partial charge is 0.344 e. The van der Waals surface area contributed by atoms with Gasteiger partial charge in [-0.1, -0.05) is 36.4 Å². The number of esters is 1. The fraction of sp³-hybridized carbons (Fsp3) is 0.174. The van der Waals surface area contributed by atoms with E-state index < -0.39 is 51.6 Å². The van der Waals surface area contributed by atoms with Crippen LogP contribution < -0.4 is 4.74 Å². The van der Waals surface area contributed by atoms with Crippen LogP contribution in [-0.2, 0) is 30.5 Å². The first kappa shape index (κ1) is 25.6. The Hall–Kier alpha value is -3.02. The molecule has 1 unspecified atom stereocenters. The van der Waals surface area contributed by atoms with Crippen LogP contribution in [0.1, 0.15) is 0 Å². The zero-order chi connectivity index (χ0) is 24.8. The third-order valence-corrected chi connectivity index (χ3v) is 7.94. The van der Waals surface area contributed by atoms with Crippen molar-refractivity contribution in [2.75, 3.05) is 13.2 Å². The molecule has 0 heterocycles. The molecule has 34 heavy (non-hydrogen) atoms. The highest BCUT2D eigenvalue weighted by Gasteiger charge is 2.54. The first-order chi connectivity index (χ1) is 16.1. The monoisotopic (exact) mass is 513 g/mol. The molecule has 0 amide bonds. The summed E-state index contributed by atoms with van der Waals surface area (Å²) in [6.07, 6.45) is -4.12. The van der Waals surface area contributed by atoms with Crippen molar-refractivity contribution in [3.8, 4) is 5.75 Å². The van der Waals surface area contributed by atoms with Crippen LogP contribution in [0.4, 0.5) is 13.2 Å². The van der Waals surface area contributed by atoms with Crippen molar-refractivity contribution in [1.29, 1.82) is 0 Å². The van der Waals surface area contributed by atoms with Gasteiger partial charge in [0.25, 0.3) is 6.43 Å². The van der Waals surface area contributed by atoms with Crippen molar-refractivity contribution >= 4 is 27.0 Å². The number of halogens is 3. The maximum Gasteiger partial charge on any atom is 0.344 e. The molecule has 180 valence electrons. The van der Waals surface area contributed by atoms with Crippen LogP contribution in [-0.4, -0.2) is 43.6 Å². The Morgan fingerprint density at radius 3 is 1.79 bits per heavy atom. The number of ether oxygens (including phenoxy) is 2. The van der Waals surface area contributed by atoms with Gasteiger partial charge in [-0.15, -0.1) is 0 Å². The zero-order valence-electron chi connectivity index (χ0n) is 17.5. The summed E-state index contributed by atoms with van der Waals surface area (Å²) in [6, 6.07) is 26.6. The maximum atomic E-state index is 13.8. The fourth-order valence-corrected chi connectivity index (χ4v) is 5.32. The molecule has 3 aromatic carbocycles. The van der Waals surface area contributed by atoms with Crippen LogP contribution in [0, 0.1) is 0 Å². The van der Waals surface area contributed by atoms with Crippen LogP contribution in [0.25, 0.3) is 0 Å². The van der Waals surface area contributed by atoms with Crippen molar-refractivity contribution < 1.29 is 40.4 Å². The molecule has 0 bridgehead atoms. The van der Waals surface area contributed by atoms with Gasteiger partial charge in [0, 0.05) is 0 Å². The summed E-state index contributed by atoms with van der Waals surface area (Å²) in [4.78, 5) is 14.9. The van der Waals surface area contributed by atoms with Gasteiger partial charge in [-0.05, 0) is 48.5 Å². The molecule has 6 nitrogen and oxygen atoms in total. The van der Waals surface area contributed by atoms with Gasteiger partial charge < -0.3 is 9.47 Å². The molecule has 1 N–H and O–H groups in total. The van der Waals surface area contributed by atoms with E-state index in [1.165, 1.54) is 0 Å². The molecular formula is C23H20F3O6S2+. The van der Waals surface area contributed by atoms with Gasteiger partial charge in [-0.3, -0.25) is 4.55 Å². The molecule has 11 heteroatoms. The predicted octanol–water partition coefficient (Wildman–Crippen LogP) is 4.52. The summed E-state index contributed by atoms with van der Waals surface area (Å²) in [5.74, 6) is -1.04. The lowest BCUT2D eigenvalue weighted by molar-refractivity contribution is -0.151. The van der Waals surface area contributed by atoms with Gasteiger partial charge in [-0.2, -0.15) is 8.42 Å². The maximum absolute atomic E-state index is 13.8. The van der Waals surface area contributed by atoms with Crippen molar-refractivity contribution in [3.63, 3.8) is 0 Å². The largest absolute Gasteiger partial charge is 0.482 e. The van der Waals surface area contributed by atoms with E-state index in [1.807, 2.05) is 72.8 Å². The van der Waals surface area contributed by atoms with Gasteiger partial charge >= 0.3 is 21.1 Å². The average Bonchev–Trinajstić information content (AvgIpc) is 2.82. The second kappa shape index (κ2) is 10.9. The van der Waals surface area contributed by atoms with E-state index in [0.29, 0.717) is 0 Å². The summed E-state index contributed by atoms with van der Waals surface area (Å²) >= 11 is 0. The molecular weight excluding hydrogens is 493 g/mol. The molecule has 3 aromatic rings. The lowest BCUT2D eigenvalue weighted by Crippen LogP contribution is -2.46. The molecule has 0 aliphatic carbocycles. The van der Waals surface area contributed by atoms with E-state index in [2.05, 4.69) is 4.74 Å². The molecule has 0 radical (unpaired) electrons. The summed E-state index contributed by atoms with van der Waals surface area (Å²) in [6.45, 7) is -2.66. The van der Waals surface area contributed by atoms with E-state index in [4.69, 9.17) is 9.29 Å². The minimum absolute atomic E-state index is 0.250. The number of rotatable bonds is 10. The molecule has 0 aliphatic rings. The standard InChI is InChI=1S/C23H19F3O6S2/c24-22(25)23(26,34(28,29)30)16-32-21(27)15-31-17-11-13-20(14-12-17)33(18-7-3-1-4-8-18)19-9-5-2-6-10-19/h1-14,22H,15-16H2/p+1. The summed E-state index contributed by atoms with van der Waals surface area (Å²) < 4.78 is 79.1. The highest BCUT2D eigenvalue weighted by molar-refractivity contribution is 7.97. The van der Waals surface area contributed by atoms with E-state index in [1.54, 1.807) is 12.1 Å². The SMILES string of the molecule is O=C(COc1ccc([S+](c2ccccc2)c2ccccc2)cc1)OCC(F)(C(F)F)S(=O)(=O)O. The van der Waals surface area contributed by atoms with Gasteiger partial charge in [0.1, 0.15) is 12.4 Å². The zero-order valence-corrected chi connectivity index (χ0v) is 19.1. The Labute approximate surface area is 197 Å². The van der Waals surface area contributed by atoms with Crippen molar-refractivity contribution in [2.24, 2.45) is 0 Å². The van der Waals surface area contributed by atoms with E-state index >= 15 is 0 Å². The number of hydrogen-bond donors (Lipinski definition) is 1. The Kier molecular flexibility index (Phi) is 8.24. The summed E-state index contributed by atoms with van der Waals surface area (Å²) in [5.41, 5.74) is 0. The average molecular weight is 514 g/mol. The van der Waals surface area contributed by atoms with Crippen molar-refractivity contribution in [1.82, 2.24) is 0 Å². The molecule has 0 fully saturated rings. The summed E-state index contributed by atoms with van der Waals surface area (Å²) in [7, 11) is -6.22. The van der Waals surface area contributed by atoms with Crippen LogP contribution in [0.15, 0.2) is 99.6 Å². The molecule has 0 saturated carbocycles. The minimum atomic E-state index is -5.82. The number of alkyl halides is 3. The lowest BCUT2D eigenvalue weighted by Gasteiger charge is -2.20. The molecule has 1 atom stereocenters. The second-order valence-electron chi connectivity index (χ2n) is 6.92. The molecule has 3 rings (SSSR count). The predicted molar refractivity (Wildman–Crippen MR) is 119 cm³/mol. The lowest BCUT2D eigenvalue weighted by atomic mass is 10.3. The Morgan fingerprint density at radius 1 is 0.882 bits per heavy atom. The first-order valence-electron chi connectivity index (χ1n) is 9.79. The van der Waals surface area contributed by atoms with Crippen LogP contribution >= 0.6 is 0 Å². The van der Waals surface area contributed by atoms with Gasteiger partial charge in [-0.25, -0.2) is 18.0 Å². The van der Waals surface area contributed by atoms with Crippen LogP contribution in [0.2, 0.25) is 0 Å². The van der Waals surface area contributed by atoms with Crippen LogP contribution in [0.3, 0.4) is 0 Å². The number of benzene rings is 3. The fourth-order valence-electron chi connectivity index (χ4n) is 2.81. The number of carbonyl (C=O) groups excluding carboxylic acids is 1. The highest BCUT2D eigenvalue weighted by Crippen LogP contribution is 2.32. The molecule has 0 aliphatic heterocycles. The topological polar surface area (TPSA) is 89.9 Å². The van der Waals surface area contributed by atoms with Crippen molar-refractivity contribution in [3.05, 3.63) is 84.9 Å². The Balaban J connectivity index is 1.67. The first-order valence-corrected chi connectivity index (χ1v) is 12.5. The third kappa shape index (κ3) is 6.10. The van der Waals surface area contributed by atoms with Crippen LogP contribution in [0.5, 0.6) is 5.75 Å². The number of carbonyl (C=O) groups is 1. The second-order valence-corrected chi connectivity index (χ2v) is 10.6. The Bertz CT molecular complexity index is 1150.